The molecule has 1 saturated heterocycles. The molecule has 2 aromatic rings. The van der Waals surface area contributed by atoms with E-state index in [4.69, 9.17) is 21.1 Å². The number of esters is 1. The Morgan fingerprint density at radius 1 is 1.00 bits per heavy atom. The van der Waals surface area contributed by atoms with Gasteiger partial charge in [0, 0.05) is 5.02 Å². The van der Waals surface area contributed by atoms with Crippen LogP contribution in [-0.2, 0) is 23.9 Å². The maximum absolute atomic E-state index is 12.5. The van der Waals surface area contributed by atoms with Gasteiger partial charge in [0.15, 0.2) is 12.4 Å². The first-order valence-corrected chi connectivity index (χ1v) is 11.1. The molecular weight excluding hydrogens is 448 g/mol. The predicted molar refractivity (Wildman–Crippen MR) is 120 cm³/mol. The van der Waals surface area contributed by atoms with Crippen LogP contribution in [0.25, 0.3) is 0 Å². The highest BCUT2D eigenvalue weighted by molar-refractivity contribution is 6.31. The second kappa shape index (κ2) is 10.0. The van der Waals surface area contributed by atoms with Gasteiger partial charge in [-0.25, -0.2) is 0 Å². The molecule has 0 radical (unpaired) electrons. The van der Waals surface area contributed by atoms with E-state index in [-0.39, 0.29) is 23.7 Å². The summed E-state index contributed by atoms with van der Waals surface area (Å²) >= 11 is 6.04. The molecular formula is C24H23ClN2O6. The summed E-state index contributed by atoms with van der Waals surface area (Å²) in [7, 11) is 0. The zero-order valence-corrected chi connectivity index (χ0v) is 18.5. The standard InChI is InChI=1S/C24H23ClN2O6/c25-15-10-11-20(33-16-6-2-1-3-7-16)19(12-15)26-21(28)14-32-22(29)13-27-23(30)17-8-4-5-9-18(17)24(27)31/h1-3,6-7,10-12,17-18H,4-5,8-9,13-14H2,(H,26,28)/t17-,18-/m1/s1. The number of rotatable bonds is 7. The van der Waals surface area contributed by atoms with Gasteiger partial charge >= 0.3 is 5.97 Å². The summed E-state index contributed by atoms with van der Waals surface area (Å²) in [5.41, 5.74) is 0.307. The lowest BCUT2D eigenvalue weighted by molar-refractivity contribution is -0.154. The van der Waals surface area contributed by atoms with Crippen molar-refractivity contribution in [2.75, 3.05) is 18.5 Å². The second-order valence-corrected chi connectivity index (χ2v) is 8.46. The van der Waals surface area contributed by atoms with Crippen LogP contribution in [0.3, 0.4) is 0 Å². The maximum atomic E-state index is 12.5. The van der Waals surface area contributed by atoms with Crippen LogP contribution in [0.1, 0.15) is 25.7 Å². The Kier molecular flexibility index (Phi) is 6.93. The molecule has 172 valence electrons. The zero-order valence-electron chi connectivity index (χ0n) is 17.8. The minimum atomic E-state index is -0.822. The van der Waals surface area contributed by atoms with E-state index < -0.39 is 25.0 Å². The quantitative estimate of drug-likeness (QED) is 0.488. The van der Waals surface area contributed by atoms with Gasteiger partial charge in [-0.1, -0.05) is 42.6 Å². The number of amides is 3. The van der Waals surface area contributed by atoms with Gasteiger partial charge in [0.25, 0.3) is 5.91 Å². The van der Waals surface area contributed by atoms with Crippen molar-refractivity contribution in [2.45, 2.75) is 25.7 Å². The molecule has 9 heteroatoms. The second-order valence-electron chi connectivity index (χ2n) is 8.02. The molecule has 1 aliphatic heterocycles. The molecule has 2 aromatic carbocycles. The largest absolute Gasteiger partial charge is 0.455 e. The summed E-state index contributed by atoms with van der Waals surface area (Å²) in [5, 5.41) is 2.99. The summed E-state index contributed by atoms with van der Waals surface area (Å²) in [4.78, 5) is 50.5. The van der Waals surface area contributed by atoms with Gasteiger partial charge < -0.3 is 14.8 Å². The van der Waals surface area contributed by atoms with E-state index in [0.717, 1.165) is 17.7 Å². The number of benzene rings is 2. The van der Waals surface area contributed by atoms with E-state index in [1.165, 1.54) is 6.07 Å². The van der Waals surface area contributed by atoms with E-state index >= 15 is 0 Å². The Balaban J connectivity index is 1.32. The Labute approximate surface area is 195 Å². The minimum Gasteiger partial charge on any atom is -0.455 e. The molecule has 33 heavy (non-hydrogen) atoms. The highest BCUT2D eigenvalue weighted by Gasteiger charge is 2.48. The van der Waals surface area contributed by atoms with E-state index in [1.54, 1.807) is 24.3 Å². The fourth-order valence-electron chi connectivity index (χ4n) is 4.20. The summed E-state index contributed by atoms with van der Waals surface area (Å²) in [5.74, 6) is -1.83. The van der Waals surface area contributed by atoms with Crippen molar-refractivity contribution >= 4 is 41.0 Å². The van der Waals surface area contributed by atoms with Crippen molar-refractivity contribution in [1.82, 2.24) is 4.90 Å². The lowest BCUT2D eigenvalue weighted by atomic mass is 9.81. The molecule has 2 aliphatic rings. The molecule has 0 aromatic heterocycles. The van der Waals surface area contributed by atoms with Gasteiger partial charge in [0.05, 0.1) is 17.5 Å². The number of hydrogen-bond acceptors (Lipinski definition) is 6. The third-order valence-corrected chi connectivity index (χ3v) is 6.01. The molecule has 8 nitrogen and oxygen atoms in total. The first-order chi connectivity index (χ1) is 15.9. The van der Waals surface area contributed by atoms with E-state index in [0.29, 0.717) is 35.1 Å². The highest BCUT2D eigenvalue weighted by atomic mass is 35.5. The van der Waals surface area contributed by atoms with Gasteiger partial charge in [-0.2, -0.15) is 0 Å². The summed E-state index contributed by atoms with van der Waals surface area (Å²) < 4.78 is 10.8. The number of anilines is 1. The van der Waals surface area contributed by atoms with Crippen LogP contribution in [0.5, 0.6) is 11.5 Å². The smallest absolute Gasteiger partial charge is 0.326 e. The summed E-state index contributed by atoms with van der Waals surface area (Å²) in [6, 6.07) is 13.8. The van der Waals surface area contributed by atoms with Gasteiger partial charge in [0.2, 0.25) is 11.8 Å². The van der Waals surface area contributed by atoms with Gasteiger partial charge in [-0.05, 0) is 43.2 Å². The summed E-state index contributed by atoms with van der Waals surface area (Å²) in [6.07, 6.45) is 3.13. The number of hydrogen-bond donors (Lipinski definition) is 1. The van der Waals surface area contributed by atoms with E-state index in [1.807, 2.05) is 18.2 Å². The van der Waals surface area contributed by atoms with Crippen LogP contribution >= 0.6 is 11.6 Å². The van der Waals surface area contributed by atoms with Crippen LogP contribution in [-0.4, -0.2) is 41.7 Å². The van der Waals surface area contributed by atoms with Crippen LogP contribution in [0.2, 0.25) is 5.02 Å². The number of imide groups is 1. The topological polar surface area (TPSA) is 102 Å². The van der Waals surface area contributed by atoms with Gasteiger partial charge in [-0.15, -0.1) is 0 Å². The molecule has 1 N–H and O–H groups in total. The number of nitrogens with one attached hydrogen (secondary N) is 1. The molecule has 3 amide bonds. The SMILES string of the molecule is O=C(COC(=O)CN1C(=O)[C@@H]2CCCC[C@H]2C1=O)Nc1cc(Cl)ccc1Oc1ccccc1. The van der Waals surface area contributed by atoms with Crippen LogP contribution in [0, 0.1) is 11.8 Å². The van der Waals surface area contributed by atoms with E-state index in [2.05, 4.69) is 5.32 Å². The average Bonchev–Trinajstić information content (AvgIpc) is 3.05. The molecule has 4 rings (SSSR count). The number of carbonyl (C=O) groups excluding carboxylic acids is 4. The van der Waals surface area contributed by atoms with Gasteiger partial charge in [-0.3, -0.25) is 24.1 Å². The third kappa shape index (κ3) is 5.34. The number of ether oxygens (including phenoxy) is 2. The molecule has 1 aliphatic carbocycles. The Morgan fingerprint density at radius 2 is 1.67 bits per heavy atom. The number of likely N-dealkylation sites (tertiary alicyclic amines) is 1. The molecule has 2 fully saturated rings. The van der Waals surface area contributed by atoms with Crippen molar-refractivity contribution in [1.29, 1.82) is 0 Å². The van der Waals surface area contributed by atoms with Crippen molar-refractivity contribution in [2.24, 2.45) is 11.8 Å². The molecule has 0 spiro atoms. The van der Waals surface area contributed by atoms with Crippen molar-refractivity contribution in [3.63, 3.8) is 0 Å². The first-order valence-electron chi connectivity index (χ1n) is 10.8. The molecule has 1 heterocycles. The maximum Gasteiger partial charge on any atom is 0.326 e. The van der Waals surface area contributed by atoms with Crippen LogP contribution < -0.4 is 10.1 Å². The summed E-state index contributed by atoms with van der Waals surface area (Å²) in [6.45, 7) is -1.07. The number of halogens is 1. The Hall–Kier alpha value is -3.39. The molecule has 1 saturated carbocycles. The molecule has 2 atom stereocenters. The third-order valence-electron chi connectivity index (χ3n) is 5.77. The Bertz CT molecular complexity index is 1050. The molecule has 0 unspecified atom stereocenters. The predicted octanol–water partition coefficient (Wildman–Crippen LogP) is 3.79. The monoisotopic (exact) mass is 470 g/mol. The Morgan fingerprint density at radius 3 is 2.33 bits per heavy atom. The lowest BCUT2D eigenvalue weighted by Crippen LogP contribution is -2.37. The van der Waals surface area contributed by atoms with Crippen molar-refractivity contribution in [3.05, 3.63) is 53.6 Å². The fourth-order valence-corrected chi connectivity index (χ4v) is 4.37. The van der Waals surface area contributed by atoms with Crippen molar-refractivity contribution < 1.29 is 28.7 Å². The number of fused-ring (bicyclic) bond motifs is 1. The minimum absolute atomic E-state index is 0.307. The normalized spacial score (nSPS) is 19.7. The zero-order chi connectivity index (χ0) is 23.4. The van der Waals surface area contributed by atoms with Crippen molar-refractivity contribution in [3.8, 4) is 11.5 Å². The highest BCUT2D eigenvalue weighted by Crippen LogP contribution is 2.38. The van der Waals surface area contributed by atoms with Crippen LogP contribution in [0.4, 0.5) is 5.69 Å². The fraction of sp³-hybridized carbons (Fsp3) is 0.333. The number of para-hydroxylation sites is 1. The average molecular weight is 471 g/mol. The number of nitrogens with zero attached hydrogens (tertiary/aromatic N) is 1. The van der Waals surface area contributed by atoms with Crippen LogP contribution in [0.15, 0.2) is 48.5 Å². The van der Waals surface area contributed by atoms with Gasteiger partial charge in [0.1, 0.15) is 12.3 Å². The number of carbonyl (C=O) groups is 4. The van der Waals surface area contributed by atoms with E-state index in [9.17, 15) is 19.2 Å². The molecule has 0 bridgehead atoms. The lowest BCUT2D eigenvalue weighted by Gasteiger charge is -2.19. The first kappa shape index (κ1) is 22.8.